The second-order valence-corrected chi connectivity index (χ2v) is 5.38. The summed E-state index contributed by atoms with van der Waals surface area (Å²) in [5, 5.41) is 3.34. The van der Waals surface area contributed by atoms with E-state index in [-0.39, 0.29) is 11.5 Å². The molecule has 0 aromatic heterocycles. The van der Waals surface area contributed by atoms with Crippen LogP contribution in [0.2, 0.25) is 0 Å². The van der Waals surface area contributed by atoms with Crippen LogP contribution in [0.1, 0.15) is 38.1 Å². The Morgan fingerprint density at radius 3 is 2.67 bits per heavy atom. The van der Waals surface area contributed by atoms with Gasteiger partial charge in [0.15, 0.2) is 0 Å². The molecule has 18 heavy (non-hydrogen) atoms. The van der Waals surface area contributed by atoms with E-state index in [1.54, 1.807) is 24.3 Å². The van der Waals surface area contributed by atoms with E-state index in [1.807, 2.05) is 13.8 Å². The minimum Gasteiger partial charge on any atom is -0.460 e. The second kappa shape index (κ2) is 5.87. The molecule has 4 heteroatoms. The molecule has 1 rings (SSSR count). The molecule has 0 radical (unpaired) electrons. The Labute approximate surface area is 109 Å². The van der Waals surface area contributed by atoms with Crippen molar-refractivity contribution < 1.29 is 9.53 Å². The number of nitrogens with one attached hydrogen (secondary N) is 1. The predicted octanol–water partition coefficient (Wildman–Crippen LogP) is 2.20. The van der Waals surface area contributed by atoms with Gasteiger partial charge in [-0.05, 0) is 32.0 Å². The molecule has 0 aliphatic heterocycles. The summed E-state index contributed by atoms with van der Waals surface area (Å²) in [6.07, 6.45) is 0. The summed E-state index contributed by atoms with van der Waals surface area (Å²) >= 11 is 0. The average molecular weight is 250 g/mol. The fourth-order valence-electron chi connectivity index (χ4n) is 1.82. The van der Waals surface area contributed by atoms with Gasteiger partial charge in [0, 0.05) is 17.3 Å². The van der Waals surface area contributed by atoms with Gasteiger partial charge in [-0.2, -0.15) is 0 Å². The van der Waals surface area contributed by atoms with E-state index < -0.39 is 0 Å². The van der Waals surface area contributed by atoms with Crippen molar-refractivity contribution >= 4 is 11.7 Å². The Balaban J connectivity index is 2.56. The highest BCUT2D eigenvalue weighted by molar-refractivity contribution is 5.90. The van der Waals surface area contributed by atoms with Crippen molar-refractivity contribution in [3.05, 3.63) is 29.8 Å². The van der Waals surface area contributed by atoms with Gasteiger partial charge in [-0.3, -0.25) is 0 Å². The van der Waals surface area contributed by atoms with Crippen LogP contribution in [0.15, 0.2) is 24.3 Å². The number of anilines is 1. The summed E-state index contributed by atoms with van der Waals surface area (Å²) < 4.78 is 5.29. The summed E-state index contributed by atoms with van der Waals surface area (Å²) in [5.74, 6) is -0.346. The monoisotopic (exact) mass is 250 g/mol. The lowest BCUT2D eigenvalue weighted by Crippen LogP contribution is -2.47. The highest BCUT2D eigenvalue weighted by atomic mass is 16.5. The van der Waals surface area contributed by atoms with Crippen LogP contribution in [0.4, 0.5) is 5.69 Å². The standard InChI is InChI=1S/C14H22N2O2/c1-10(2)16-14(3,4)9-18-13(17)11-6-5-7-12(15)8-11/h5-8,10,16H,9,15H2,1-4H3. The number of esters is 1. The van der Waals surface area contributed by atoms with E-state index in [1.165, 1.54) is 0 Å². The first-order chi connectivity index (χ1) is 8.30. The lowest BCUT2D eigenvalue weighted by Gasteiger charge is -2.28. The van der Waals surface area contributed by atoms with Gasteiger partial charge >= 0.3 is 5.97 Å². The SMILES string of the molecule is CC(C)NC(C)(C)COC(=O)c1cccc(N)c1. The van der Waals surface area contributed by atoms with Crippen LogP contribution < -0.4 is 11.1 Å². The molecule has 0 aliphatic carbocycles. The molecule has 0 saturated heterocycles. The van der Waals surface area contributed by atoms with E-state index >= 15 is 0 Å². The zero-order valence-electron chi connectivity index (χ0n) is 11.5. The van der Waals surface area contributed by atoms with Gasteiger partial charge in [-0.15, -0.1) is 0 Å². The molecule has 1 aromatic rings. The number of hydrogen-bond acceptors (Lipinski definition) is 4. The number of benzene rings is 1. The molecule has 0 unspecified atom stereocenters. The van der Waals surface area contributed by atoms with E-state index in [9.17, 15) is 4.79 Å². The van der Waals surface area contributed by atoms with Crippen LogP contribution in [0.3, 0.4) is 0 Å². The lowest BCUT2D eigenvalue weighted by molar-refractivity contribution is 0.0392. The van der Waals surface area contributed by atoms with Crippen molar-refractivity contribution in [1.82, 2.24) is 5.32 Å². The Morgan fingerprint density at radius 2 is 2.11 bits per heavy atom. The fraction of sp³-hybridized carbons (Fsp3) is 0.500. The Hall–Kier alpha value is -1.55. The first kappa shape index (κ1) is 14.5. The van der Waals surface area contributed by atoms with E-state index in [2.05, 4.69) is 19.2 Å². The first-order valence-corrected chi connectivity index (χ1v) is 6.10. The Bertz CT molecular complexity index is 414. The van der Waals surface area contributed by atoms with Gasteiger partial charge in [0.2, 0.25) is 0 Å². The number of rotatable bonds is 5. The maximum Gasteiger partial charge on any atom is 0.338 e. The quantitative estimate of drug-likeness (QED) is 0.621. The van der Waals surface area contributed by atoms with Gasteiger partial charge in [0.05, 0.1) is 5.56 Å². The van der Waals surface area contributed by atoms with Crippen LogP contribution in [0.5, 0.6) is 0 Å². The zero-order chi connectivity index (χ0) is 13.8. The zero-order valence-corrected chi connectivity index (χ0v) is 11.5. The molecule has 3 N–H and O–H groups in total. The third-order valence-electron chi connectivity index (χ3n) is 2.37. The molecular formula is C14H22N2O2. The van der Waals surface area contributed by atoms with Crippen molar-refractivity contribution in [2.24, 2.45) is 0 Å². The molecule has 0 aliphatic rings. The molecule has 0 fully saturated rings. The van der Waals surface area contributed by atoms with Crippen LogP contribution >= 0.6 is 0 Å². The topological polar surface area (TPSA) is 64.3 Å². The van der Waals surface area contributed by atoms with Crippen molar-refractivity contribution in [3.63, 3.8) is 0 Å². The maximum absolute atomic E-state index is 11.8. The Morgan fingerprint density at radius 1 is 1.44 bits per heavy atom. The predicted molar refractivity (Wildman–Crippen MR) is 73.5 cm³/mol. The van der Waals surface area contributed by atoms with E-state index in [4.69, 9.17) is 10.5 Å². The smallest absolute Gasteiger partial charge is 0.338 e. The molecule has 0 atom stereocenters. The molecule has 1 aromatic carbocycles. The highest BCUT2D eigenvalue weighted by Crippen LogP contribution is 2.10. The van der Waals surface area contributed by atoms with Crippen LogP contribution in [-0.4, -0.2) is 24.2 Å². The fourth-order valence-corrected chi connectivity index (χ4v) is 1.82. The maximum atomic E-state index is 11.8. The molecule has 100 valence electrons. The van der Waals surface area contributed by atoms with Crippen LogP contribution in [0, 0.1) is 0 Å². The molecule has 0 amide bonds. The van der Waals surface area contributed by atoms with Gasteiger partial charge in [-0.25, -0.2) is 4.79 Å². The molecule has 0 saturated carbocycles. The van der Waals surface area contributed by atoms with Crippen LogP contribution in [-0.2, 0) is 4.74 Å². The van der Waals surface area contributed by atoms with Crippen molar-refractivity contribution in [2.45, 2.75) is 39.3 Å². The summed E-state index contributed by atoms with van der Waals surface area (Å²) in [7, 11) is 0. The minimum atomic E-state index is -0.346. The number of nitrogen functional groups attached to an aromatic ring is 1. The molecule has 0 bridgehead atoms. The summed E-state index contributed by atoms with van der Waals surface area (Å²) in [5.41, 5.74) is 6.42. The molecular weight excluding hydrogens is 228 g/mol. The lowest BCUT2D eigenvalue weighted by atomic mass is 10.1. The molecule has 0 heterocycles. The number of hydrogen-bond donors (Lipinski definition) is 2. The largest absolute Gasteiger partial charge is 0.460 e. The number of carbonyl (C=O) groups excluding carboxylic acids is 1. The summed E-state index contributed by atoms with van der Waals surface area (Å²) in [4.78, 5) is 11.8. The Kier molecular flexibility index (Phi) is 4.73. The van der Waals surface area contributed by atoms with Crippen LogP contribution in [0.25, 0.3) is 0 Å². The van der Waals surface area contributed by atoms with Crippen molar-refractivity contribution in [3.8, 4) is 0 Å². The minimum absolute atomic E-state index is 0.246. The van der Waals surface area contributed by atoms with Gasteiger partial charge in [0.25, 0.3) is 0 Å². The first-order valence-electron chi connectivity index (χ1n) is 6.10. The normalized spacial score (nSPS) is 11.6. The molecule has 4 nitrogen and oxygen atoms in total. The van der Waals surface area contributed by atoms with Crippen molar-refractivity contribution in [2.75, 3.05) is 12.3 Å². The van der Waals surface area contributed by atoms with Gasteiger partial charge < -0.3 is 15.8 Å². The van der Waals surface area contributed by atoms with Gasteiger partial charge in [0.1, 0.15) is 6.61 Å². The van der Waals surface area contributed by atoms with Crippen molar-refractivity contribution in [1.29, 1.82) is 0 Å². The van der Waals surface area contributed by atoms with E-state index in [0.717, 1.165) is 0 Å². The summed E-state index contributed by atoms with van der Waals surface area (Å²) in [6.45, 7) is 8.43. The summed E-state index contributed by atoms with van der Waals surface area (Å²) in [6, 6.07) is 7.13. The highest BCUT2D eigenvalue weighted by Gasteiger charge is 2.21. The van der Waals surface area contributed by atoms with E-state index in [0.29, 0.717) is 23.9 Å². The number of carbonyl (C=O) groups is 1. The third-order valence-corrected chi connectivity index (χ3v) is 2.37. The third kappa shape index (κ3) is 4.75. The second-order valence-electron chi connectivity index (χ2n) is 5.38. The molecule has 0 spiro atoms. The average Bonchev–Trinajstić information content (AvgIpc) is 2.24. The number of nitrogens with two attached hydrogens (primary N) is 1. The van der Waals surface area contributed by atoms with Gasteiger partial charge in [-0.1, -0.05) is 19.9 Å². The number of ether oxygens (including phenoxy) is 1.